The molecule has 1 heterocycles. The molecule has 0 unspecified atom stereocenters. The first kappa shape index (κ1) is 15.8. The number of benzene rings is 1. The number of hydrogen-bond acceptors (Lipinski definition) is 0. The summed E-state index contributed by atoms with van der Waals surface area (Å²) in [5.74, 6) is 1.35. The summed E-state index contributed by atoms with van der Waals surface area (Å²) in [6.07, 6.45) is 1.29. The van der Waals surface area contributed by atoms with Crippen LogP contribution in [0.2, 0.25) is 5.02 Å². The van der Waals surface area contributed by atoms with E-state index in [4.69, 9.17) is 11.6 Å². The highest BCUT2D eigenvalue weighted by Gasteiger charge is 2.23. The van der Waals surface area contributed by atoms with Gasteiger partial charge in [0.05, 0.1) is 13.6 Å². The molecule has 0 aromatic heterocycles. The van der Waals surface area contributed by atoms with Gasteiger partial charge in [-0.15, -0.1) is 0 Å². The van der Waals surface area contributed by atoms with Gasteiger partial charge in [-0.1, -0.05) is 37.6 Å². The molecule has 1 aliphatic rings. The van der Waals surface area contributed by atoms with Gasteiger partial charge in [-0.25, -0.2) is 0 Å². The van der Waals surface area contributed by atoms with E-state index in [2.05, 4.69) is 33.0 Å². The highest BCUT2D eigenvalue weighted by Crippen LogP contribution is 2.28. The van der Waals surface area contributed by atoms with E-state index >= 15 is 0 Å². The summed E-state index contributed by atoms with van der Waals surface area (Å²) in [7, 11) is 2.31. The van der Waals surface area contributed by atoms with Crippen molar-refractivity contribution < 1.29 is 9.80 Å². The number of rotatable bonds is 5. The molecule has 20 heavy (non-hydrogen) atoms. The number of halogens is 1. The Labute approximate surface area is 128 Å². The molecule has 0 radical (unpaired) electrons. The molecule has 1 atom stereocenters. The van der Waals surface area contributed by atoms with Gasteiger partial charge in [0.15, 0.2) is 0 Å². The van der Waals surface area contributed by atoms with Crippen LogP contribution < -0.4 is 9.80 Å². The largest absolute Gasteiger partial charge is 0.328 e. The first-order valence-corrected chi connectivity index (χ1v) is 8.34. The fourth-order valence-electron chi connectivity index (χ4n) is 3.23. The standard InChI is InChI=1S/C17H27ClN2/c1-14(2)17(15-4-6-16(18)7-5-15)8-9-20-12-10-19(3)11-13-20/h4-7,14,17H,8-13H2,1-3H3/p+2/t17-/m1/s1. The van der Waals surface area contributed by atoms with Crippen LogP contribution in [0.15, 0.2) is 24.3 Å². The molecule has 1 aromatic carbocycles. The van der Waals surface area contributed by atoms with Crippen molar-refractivity contribution >= 4 is 11.6 Å². The number of hydrogen-bond donors (Lipinski definition) is 2. The van der Waals surface area contributed by atoms with E-state index in [1.807, 2.05) is 12.1 Å². The fraction of sp³-hybridized carbons (Fsp3) is 0.647. The van der Waals surface area contributed by atoms with Crippen LogP contribution in [0.4, 0.5) is 0 Å². The fourth-order valence-corrected chi connectivity index (χ4v) is 3.36. The third kappa shape index (κ3) is 4.47. The maximum atomic E-state index is 6.00. The Morgan fingerprint density at radius 1 is 1.05 bits per heavy atom. The van der Waals surface area contributed by atoms with E-state index in [1.165, 1.54) is 44.7 Å². The van der Waals surface area contributed by atoms with E-state index in [-0.39, 0.29) is 0 Å². The van der Waals surface area contributed by atoms with Crippen molar-refractivity contribution in [1.82, 2.24) is 0 Å². The lowest BCUT2D eigenvalue weighted by Crippen LogP contribution is -3.27. The Bertz CT molecular complexity index is 394. The zero-order valence-corrected chi connectivity index (χ0v) is 13.8. The van der Waals surface area contributed by atoms with Gasteiger partial charge in [0.1, 0.15) is 26.2 Å². The SMILES string of the molecule is CC(C)[C@@H](CC[NH+]1CC[NH+](C)CC1)c1ccc(Cl)cc1. The highest BCUT2D eigenvalue weighted by molar-refractivity contribution is 6.30. The molecule has 0 amide bonds. The second-order valence-corrected chi connectivity index (χ2v) is 7.08. The monoisotopic (exact) mass is 296 g/mol. The summed E-state index contributed by atoms with van der Waals surface area (Å²) in [5, 5.41) is 0.837. The molecule has 112 valence electrons. The molecular formula is C17H29ClN2+2. The molecule has 1 saturated heterocycles. The molecule has 0 bridgehead atoms. The van der Waals surface area contributed by atoms with Gasteiger partial charge in [-0.05, 0) is 29.5 Å². The third-order valence-electron chi connectivity index (χ3n) is 4.72. The van der Waals surface area contributed by atoms with Gasteiger partial charge in [-0.2, -0.15) is 0 Å². The van der Waals surface area contributed by atoms with Crippen LogP contribution in [0, 0.1) is 5.92 Å². The summed E-state index contributed by atoms with van der Waals surface area (Å²) in [5.41, 5.74) is 1.45. The predicted octanol–water partition coefficient (Wildman–Crippen LogP) is 0.883. The summed E-state index contributed by atoms with van der Waals surface area (Å²) in [4.78, 5) is 3.47. The quantitative estimate of drug-likeness (QED) is 0.798. The van der Waals surface area contributed by atoms with Gasteiger partial charge in [0.25, 0.3) is 0 Å². The van der Waals surface area contributed by atoms with Gasteiger partial charge in [-0.3, -0.25) is 0 Å². The highest BCUT2D eigenvalue weighted by atomic mass is 35.5. The van der Waals surface area contributed by atoms with Crippen molar-refractivity contribution in [1.29, 1.82) is 0 Å². The lowest BCUT2D eigenvalue weighted by Gasteiger charge is -2.29. The Balaban J connectivity index is 1.91. The molecule has 1 fully saturated rings. The smallest absolute Gasteiger partial charge is 0.127 e. The summed E-state index contributed by atoms with van der Waals surface area (Å²) < 4.78 is 0. The van der Waals surface area contributed by atoms with Crippen LogP contribution in [0.3, 0.4) is 0 Å². The van der Waals surface area contributed by atoms with E-state index < -0.39 is 0 Å². The lowest BCUT2D eigenvalue weighted by molar-refractivity contribution is -1.00. The van der Waals surface area contributed by atoms with Crippen molar-refractivity contribution in [3.8, 4) is 0 Å². The Morgan fingerprint density at radius 2 is 1.65 bits per heavy atom. The van der Waals surface area contributed by atoms with Crippen molar-refractivity contribution in [2.75, 3.05) is 39.8 Å². The zero-order valence-electron chi connectivity index (χ0n) is 13.1. The maximum absolute atomic E-state index is 6.00. The molecule has 0 spiro atoms. The van der Waals surface area contributed by atoms with E-state index in [0.29, 0.717) is 11.8 Å². The number of nitrogens with one attached hydrogen (secondary N) is 2. The Morgan fingerprint density at radius 3 is 2.20 bits per heavy atom. The van der Waals surface area contributed by atoms with Crippen molar-refractivity contribution in [3.63, 3.8) is 0 Å². The van der Waals surface area contributed by atoms with Crippen LogP contribution in [-0.2, 0) is 0 Å². The van der Waals surface area contributed by atoms with Gasteiger partial charge in [0.2, 0.25) is 0 Å². The minimum absolute atomic E-state index is 0.659. The summed E-state index contributed by atoms with van der Waals surface area (Å²) in [6.45, 7) is 11.3. The molecule has 2 N–H and O–H groups in total. The molecule has 1 aromatic rings. The first-order valence-electron chi connectivity index (χ1n) is 7.96. The number of piperazine rings is 1. The van der Waals surface area contributed by atoms with Crippen molar-refractivity contribution in [2.24, 2.45) is 5.92 Å². The van der Waals surface area contributed by atoms with E-state index in [0.717, 1.165) is 5.02 Å². The second-order valence-electron chi connectivity index (χ2n) is 6.65. The van der Waals surface area contributed by atoms with Crippen LogP contribution >= 0.6 is 11.6 Å². The van der Waals surface area contributed by atoms with Gasteiger partial charge >= 0.3 is 0 Å². The van der Waals surface area contributed by atoms with E-state index in [1.54, 1.807) is 9.80 Å². The molecule has 0 saturated carbocycles. The average molecular weight is 297 g/mol. The van der Waals surface area contributed by atoms with Crippen LogP contribution in [0.1, 0.15) is 31.7 Å². The van der Waals surface area contributed by atoms with Crippen LogP contribution in [0.5, 0.6) is 0 Å². The lowest BCUT2D eigenvalue weighted by atomic mass is 9.85. The van der Waals surface area contributed by atoms with Crippen LogP contribution in [0.25, 0.3) is 0 Å². The minimum Gasteiger partial charge on any atom is -0.328 e. The zero-order chi connectivity index (χ0) is 14.5. The Kier molecular flexibility index (Phi) is 5.88. The number of quaternary nitrogens is 2. The average Bonchev–Trinajstić information content (AvgIpc) is 2.43. The molecular weight excluding hydrogens is 268 g/mol. The van der Waals surface area contributed by atoms with Gasteiger partial charge < -0.3 is 9.80 Å². The normalized spacial score (nSPS) is 24.9. The topological polar surface area (TPSA) is 8.88 Å². The predicted molar refractivity (Wildman–Crippen MR) is 85.8 cm³/mol. The van der Waals surface area contributed by atoms with E-state index in [9.17, 15) is 0 Å². The number of likely N-dealkylation sites (N-methyl/N-ethyl adjacent to an activating group) is 1. The minimum atomic E-state index is 0.659. The molecule has 3 heteroatoms. The van der Waals surface area contributed by atoms with Gasteiger partial charge in [0, 0.05) is 11.4 Å². The molecule has 2 rings (SSSR count). The van der Waals surface area contributed by atoms with Crippen molar-refractivity contribution in [2.45, 2.75) is 26.2 Å². The molecule has 0 aliphatic carbocycles. The second kappa shape index (κ2) is 7.44. The van der Waals surface area contributed by atoms with Crippen molar-refractivity contribution in [3.05, 3.63) is 34.9 Å². The maximum Gasteiger partial charge on any atom is 0.127 e. The van der Waals surface area contributed by atoms with Crippen LogP contribution in [-0.4, -0.2) is 39.8 Å². The molecule has 1 aliphatic heterocycles. The first-order chi connectivity index (χ1) is 9.56. The Hall–Kier alpha value is -0.570. The summed E-state index contributed by atoms with van der Waals surface area (Å²) >= 11 is 6.00. The third-order valence-corrected chi connectivity index (χ3v) is 4.97. The molecule has 2 nitrogen and oxygen atoms in total. The summed E-state index contributed by atoms with van der Waals surface area (Å²) in [6, 6.07) is 8.46.